The zero-order valence-corrected chi connectivity index (χ0v) is 13.6. The minimum Gasteiger partial charge on any atom is -0.506 e. The van der Waals surface area contributed by atoms with Gasteiger partial charge in [-0.3, -0.25) is 14.2 Å². The summed E-state index contributed by atoms with van der Waals surface area (Å²) in [6.07, 6.45) is -0.242. The molecule has 1 aromatic carbocycles. The van der Waals surface area contributed by atoms with Crippen molar-refractivity contribution in [2.45, 2.75) is 13.3 Å². The number of nitrogens with zero attached hydrogens (tertiary/aromatic N) is 1. The van der Waals surface area contributed by atoms with Gasteiger partial charge in [0.1, 0.15) is 5.75 Å². The second-order valence-electron chi connectivity index (χ2n) is 5.07. The van der Waals surface area contributed by atoms with Gasteiger partial charge >= 0.3 is 5.97 Å². The number of carbonyl (C=O) groups is 2. The summed E-state index contributed by atoms with van der Waals surface area (Å²) in [5.74, 6) is -1.41. The minimum atomic E-state index is -1.01. The lowest BCUT2D eigenvalue weighted by molar-refractivity contribution is -0.136. The van der Waals surface area contributed by atoms with Crippen molar-refractivity contribution in [3.05, 3.63) is 50.8 Å². The molecule has 118 valence electrons. The maximum atomic E-state index is 12.8. The highest BCUT2D eigenvalue weighted by Gasteiger charge is 2.23. The number of aromatic hydroxyl groups is 1. The number of carboxylic acid groups (broad SMARTS) is 1. The summed E-state index contributed by atoms with van der Waals surface area (Å²) in [7, 11) is 0. The van der Waals surface area contributed by atoms with Gasteiger partial charge in [-0.05, 0) is 36.1 Å². The molecule has 2 heterocycles. The number of phenolic OH excluding ortho intramolecular Hbond substituents is 1. The second kappa shape index (κ2) is 5.72. The maximum absolute atomic E-state index is 12.8. The molecule has 5 nitrogen and oxygen atoms in total. The fraction of sp³-hybridized carbons (Fsp3) is 0.125. The van der Waals surface area contributed by atoms with Crippen LogP contribution in [0.4, 0.5) is 0 Å². The summed E-state index contributed by atoms with van der Waals surface area (Å²) in [6, 6.07) is 6.37. The van der Waals surface area contributed by atoms with E-state index < -0.39 is 5.97 Å². The predicted molar refractivity (Wildman–Crippen MR) is 88.7 cm³/mol. The Bertz CT molecular complexity index is 928. The van der Waals surface area contributed by atoms with E-state index >= 15 is 0 Å². The highest BCUT2D eigenvalue weighted by atomic mass is 35.5. The number of carbonyl (C=O) groups excluding carboxylic acids is 1. The van der Waals surface area contributed by atoms with Gasteiger partial charge in [0.05, 0.1) is 21.8 Å². The van der Waals surface area contributed by atoms with Crippen molar-refractivity contribution in [3.8, 4) is 5.75 Å². The molecule has 0 amide bonds. The number of hydrogen-bond donors (Lipinski definition) is 2. The van der Waals surface area contributed by atoms with Crippen LogP contribution in [-0.2, 0) is 11.2 Å². The number of halogens is 1. The molecular formula is C16H12ClNO4S. The van der Waals surface area contributed by atoms with Gasteiger partial charge in [0.15, 0.2) is 0 Å². The first-order chi connectivity index (χ1) is 10.9. The number of rotatable bonds is 3. The zero-order valence-electron chi connectivity index (χ0n) is 12.0. The second-order valence-corrected chi connectivity index (χ2v) is 6.43. The summed E-state index contributed by atoms with van der Waals surface area (Å²) in [6.45, 7) is 1.69. The van der Waals surface area contributed by atoms with Crippen molar-refractivity contribution in [3.63, 3.8) is 0 Å². The number of benzene rings is 1. The predicted octanol–water partition coefficient (Wildman–Crippen LogP) is 3.69. The van der Waals surface area contributed by atoms with Crippen molar-refractivity contribution >= 4 is 45.7 Å². The third-order valence-electron chi connectivity index (χ3n) is 3.67. The van der Waals surface area contributed by atoms with Crippen molar-refractivity contribution in [1.29, 1.82) is 0 Å². The van der Waals surface area contributed by atoms with Crippen LogP contribution in [0.5, 0.6) is 5.75 Å². The fourth-order valence-electron chi connectivity index (χ4n) is 2.64. The maximum Gasteiger partial charge on any atom is 0.307 e. The molecular weight excluding hydrogens is 338 g/mol. The monoisotopic (exact) mass is 349 g/mol. The van der Waals surface area contributed by atoms with Gasteiger partial charge in [0, 0.05) is 11.1 Å². The van der Waals surface area contributed by atoms with E-state index in [4.69, 9.17) is 16.7 Å². The zero-order chi connectivity index (χ0) is 16.7. The Morgan fingerprint density at radius 3 is 2.70 bits per heavy atom. The summed E-state index contributed by atoms with van der Waals surface area (Å²) in [5.41, 5.74) is 1.51. The van der Waals surface area contributed by atoms with Crippen LogP contribution in [0.3, 0.4) is 0 Å². The highest BCUT2D eigenvalue weighted by molar-refractivity contribution is 7.12. The fourth-order valence-corrected chi connectivity index (χ4v) is 3.45. The van der Waals surface area contributed by atoms with E-state index in [-0.39, 0.29) is 23.1 Å². The first-order valence-electron chi connectivity index (χ1n) is 6.72. The van der Waals surface area contributed by atoms with E-state index in [0.29, 0.717) is 27.0 Å². The van der Waals surface area contributed by atoms with E-state index in [0.717, 1.165) is 0 Å². The summed E-state index contributed by atoms with van der Waals surface area (Å²) in [5, 5.41) is 21.4. The molecule has 0 unspecified atom stereocenters. The standard InChI is InChI=1S/C16H12ClNO4S/c1-8-9(6-15(20)21)10-5-13(19)11(17)7-12(10)18(8)16(22)14-3-2-4-23-14/h2-5,7,19H,6H2,1H3,(H,20,21). The first kappa shape index (κ1) is 15.6. The molecule has 2 N–H and O–H groups in total. The number of thiophene rings is 1. The van der Waals surface area contributed by atoms with Crippen LogP contribution in [0.25, 0.3) is 10.9 Å². The summed E-state index contributed by atoms with van der Waals surface area (Å²) in [4.78, 5) is 24.4. The van der Waals surface area contributed by atoms with Gasteiger partial charge < -0.3 is 10.2 Å². The van der Waals surface area contributed by atoms with Gasteiger partial charge in [-0.1, -0.05) is 17.7 Å². The largest absolute Gasteiger partial charge is 0.506 e. The number of phenols is 1. The van der Waals surface area contributed by atoms with Gasteiger partial charge in [0.25, 0.3) is 5.91 Å². The third-order valence-corrected chi connectivity index (χ3v) is 4.83. The van der Waals surface area contributed by atoms with Gasteiger partial charge in [0.2, 0.25) is 0 Å². The van der Waals surface area contributed by atoms with E-state index in [9.17, 15) is 14.7 Å². The van der Waals surface area contributed by atoms with Crippen LogP contribution < -0.4 is 0 Å². The molecule has 0 spiro atoms. The Morgan fingerprint density at radius 2 is 2.09 bits per heavy atom. The van der Waals surface area contributed by atoms with E-state index in [1.54, 1.807) is 24.4 Å². The molecule has 23 heavy (non-hydrogen) atoms. The topological polar surface area (TPSA) is 79.5 Å². The molecule has 2 aromatic heterocycles. The van der Waals surface area contributed by atoms with Gasteiger partial charge in [-0.25, -0.2) is 0 Å². The molecule has 0 aliphatic carbocycles. The first-order valence-corrected chi connectivity index (χ1v) is 7.98. The van der Waals surface area contributed by atoms with Crippen LogP contribution in [-0.4, -0.2) is 26.7 Å². The summed E-state index contributed by atoms with van der Waals surface area (Å²) >= 11 is 7.27. The Balaban J connectivity index is 2.32. The van der Waals surface area contributed by atoms with Gasteiger partial charge in [-0.15, -0.1) is 11.3 Å². The van der Waals surface area contributed by atoms with Crippen LogP contribution in [0.15, 0.2) is 29.6 Å². The van der Waals surface area contributed by atoms with Crippen molar-refractivity contribution in [1.82, 2.24) is 4.57 Å². The molecule has 0 saturated carbocycles. The minimum absolute atomic E-state index is 0.108. The molecule has 7 heteroatoms. The SMILES string of the molecule is Cc1c(CC(=O)O)c2cc(O)c(Cl)cc2n1C(=O)c1cccs1. The molecule has 0 aliphatic rings. The average Bonchev–Trinajstić information content (AvgIpc) is 3.09. The lowest BCUT2D eigenvalue weighted by Gasteiger charge is -2.06. The van der Waals surface area contributed by atoms with Crippen LogP contribution in [0.2, 0.25) is 5.02 Å². The normalized spacial score (nSPS) is 11.0. The Morgan fingerprint density at radius 1 is 1.35 bits per heavy atom. The van der Waals surface area contributed by atoms with Crippen LogP contribution >= 0.6 is 22.9 Å². The lowest BCUT2D eigenvalue weighted by atomic mass is 10.1. The lowest BCUT2D eigenvalue weighted by Crippen LogP contribution is -2.12. The van der Waals surface area contributed by atoms with Crippen LogP contribution in [0, 0.1) is 6.92 Å². The number of fused-ring (bicyclic) bond motifs is 1. The number of aromatic nitrogens is 1. The van der Waals surface area contributed by atoms with E-state index in [1.165, 1.54) is 28.0 Å². The highest BCUT2D eigenvalue weighted by Crippen LogP contribution is 2.35. The van der Waals surface area contributed by atoms with Crippen molar-refractivity contribution in [2.75, 3.05) is 0 Å². The van der Waals surface area contributed by atoms with Crippen molar-refractivity contribution in [2.24, 2.45) is 0 Å². The molecule has 3 aromatic rings. The molecule has 3 rings (SSSR count). The molecule has 0 atom stereocenters. The van der Waals surface area contributed by atoms with E-state index in [2.05, 4.69) is 0 Å². The number of carboxylic acids is 1. The van der Waals surface area contributed by atoms with Gasteiger partial charge in [-0.2, -0.15) is 0 Å². The third kappa shape index (κ3) is 2.60. The number of aliphatic carboxylic acids is 1. The van der Waals surface area contributed by atoms with Crippen LogP contribution in [0.1, 0.15) is 20.9 Å². The smallest absolute Gasteiger partial charge is 0.307 e. The Labute approximate surface area is 140 Å². The molecule has 0 bridgehead atoms. The molecule has 0 radical (unpaired) electrons. The molecule has 0 saturated heterocycles. The quantitative estimate of drug-likeness (QED) is 0.755. The van der Waals surface area contributed by atoms with Crippen molar-refractivity contribution < 1.29 is 19.8 Å². The molecule has 0 aliphatic heterocycles. The average molecular weight is 350 g/mol. The Hall–Kier alpha value is -2.31. The molecule has 0 fully saturated rings. The summed E-state index contributed by atoms with van der Waals surface area (Å²) < 4.78 is 1.45. The van der Waals surface area contributed by atoms with E-state index in [1.807, 2.05) is 0 Å². The number of hydrogen-bond acceptors (Lipinski definition) is 4. The Kier molecular flexibility index (Phi) is 3.87.